The Morgan fingerprint density at radius 1 is 0.575 bits per heavy atom. The van der Waals surface area contributed by atoms with Crippen molar-refractivity contribution in [2.75, 3.05) is 39.3 Å². The number of hydrogen-bond donors (Lipinski definition) is 18. The molecule has 0 radical (unpaired) electrons. The Kier molecular flexibility index (Phi) is 31.5. The minimum absolute atomic E-state index is 0.0204. The second-order valence-electron chi connectivity index (χ2n) is 20.0. The van der Waals surface area contributed by atoms with Gasteiger partial charge < -0.3 is 97.4 Å². The summed E-state index contributed by atoms with van der Waals surface area (Å²) in [5.41, 5.74) is 29.7. The van der Waals surface area contributed by atoms with Crippen LogP contribution in [0.5, 0.6) is 0 Å². The molecule has 1 aliphatic heterocycles. The Morgan fingerprint density at radius 3 is 1.54 bits per heavy atom. The molecular formula is C51H88N16O13. The number of aliphatic hydroxyl groups is 2. The van der Waals surface area contributed by atoms with E-state index in [2.05, 4.69) is 58.5 Å². The molecule has 2 rings (SSSR count). The van der Waals surface area contributed by atoms with Crippen molar-refractivity contribution in [2.24, 2.45) is 34.6 Å². The van der Waals surface area contributed by atoms with E-state index in [4.69, 9.17) is 28.7 Å². The predicted molar refractivity (Wildman–Crippen MR) is 293 cm³/mol. The molecule has 1 aromatic carbocycles. The zero-order chi connectivity index (χ0) is 60.1. The minimum atomic E-state index is -1.70. The minimum Gasteiger partial charge on any atom is -0.391 e. The van der Waals surface area contributed by atoms with Gasteiger partial charge in [0.2, 0.25) is 65.0 Å². The van der Waals surface area contributed by atoms with Crippen LogP contribution in [0.3, 0.4) is 0 Å². The highest BCUT2D eigenvalue weighted by Crippen LogP contribution is 2.11. The van der Waals surface area contributed by atoms with Crippen molar-refractivity contribution in [3.05, 3.63) is 35.9 Å². The summed E-state index contributed by atoms with van der Waals surface area (Å²) in [6.45, 7) is 6.54. The maximum absolute atomic E-state index is 14.5. The summed E-state index contributed by atoms with van der Waals surface area (Å²) in [4.78, 5) is 152. The molecule has 0 unspecified atom stereocenters. The fraction of sp³-hybridized carbons (Fsp3) is 0.667. The van der Waals surface area contributed by atoms with Crippen molar-refractivity contribution in [1.29, 1.82) is 0 Å². The van der Waals surface area contributed by atoms with Crippen molar-refractivity contribution in [3.63, 3.8) is 0 Å². The lowest BCUT2D eigenvalue weighted by Crippen LogP contribution is -2.62. The molecule has 0 aliphatic carbocycles. The topological polar surface area (TPSA) is 491 Å². The zero-order valence-corrected chi connectivity index (χ0v) is 46.5. The molecule has 1 saturated heterocycles. The Labute approximate surface area is 466 Å². The van der Waals surface area contributed by atoms with Gasteiger partial charge in [-0.1, -0.05) is 51.1 Å². The average molecular weight is 1130 g/mol. The fourth-order valence-corrected chi connectivity index (χ4v) is 8.36. The van der Waals surface area contributed by atoms with E-state index >= 15 is 0 Å². The molecule has 0 bridgehead atoms. The molecule has 23 N–H and O–H groups in total. The van der Waals surface area contributed by atoms with Crippen LogP contribution in [0.25, 0.3) is 0 Å². The maximum atomic E-state index is 14.5. The molecule has 0 saturated carbocycles. The predicted octanol–water partition coefficient (Wildman–Crippen LogP) is -7.05. The summed E-state index contributed by atoms with van der Waals surface area (Å²) >= 11 is 0. The van der Waals surface area contributed by atoms with E-state index in [0.29, 0.717) is 12.0 Å². The molecule has 1 heterocycles. The third-order valence-electron chi connectivity index (χ3n) is 12.7. The average Bonchev–Trinajstić information content (AvgIpc) is 3.39. The van der Waals surface area contributed by atoms with Crippen LogP contribution >= 0.6 is 0 Å². The van der Waals surface area contributed by atoms with Crippen molar-refractivity contribution in [1.82, 2.24) is 58.5 Å². The molecule has 450 valence electrons. The van der Waals surface area contributed by atoms with Gasteiger partial charge >= 0.3 is 0 Å². The van der Waals surface area contributed by atoms with Gasteiger partial charge in [0.1, 0.15) is 60.4 Å². The van der Waals surface area contributed by atoms with Gasteiger partial charge in [0.05, 0.1) is 12.2 Å². The molecular weight excluding hydrogens is 1040 g/mol. The van der Waals surface area contributed by atoms with E-state index < -0.39 is 151 Å². The summed E-state index contributed by atoms with van der Waals surface area (Å²) in [5.74, 6) is -10.0. The number of amides is 11. The van der Waals surface area contributed by atoms with E-state index in [1.807, 2.05) is 0 Å². The summed E-state index contributed by atoms with van der Waals surface area (Å²) in [7, 11) is 0. The molecule has 29 nitrogen and oxygen atoms in total. The monoisotopic (exact) mass is 1130 g/mol. The molecule has 0 spiro atoms. The number of rotatable bonds is 25. The first kappa shape index (κ1) is 69.2. The fourth-order valence-electron chi connectivity index (χ4n) is 8.36. The zero-order valence-electron chi connectivity index (χ0n) is 46.5. The lowest BCUT2D eigenvalue weighted by molar-refractivity contribution is -0.137. The highest BCUT2D eigenvalue weighted by Gasteiger charge is 2.37. The maximum Gasteiger partial charge on any atom is 0.245 e. The molecule has 1 fully saturated rings. The lowest BCUT2D eigenvalue weighted by Gasteiger charge is -2.29. The Bertz CT molecular complexity index is 2210. The van der Waals surface area contributed by atoms with Crippen LogP contribution in [0, 0.1) is 5.92 Å². The number of nitrogens with one attached hydrogen (secondary N) is 11. The van der Waals surface area contributed by atoms with Crippen molar-refractivity contribution in [3.8, 4) is 0 Å². The molecule has 1 aromatic rings. The first-order valence-electron chi connectivity index (χ1n) is 27.2. The van der Waals surface area contributed by atoms with E-state index in [0.717, 1.165) is 0 Å². The molecule has 11 amide bonds. The van der Waals surface area contributed by atoms with E-state index in [-0.39, 0.29) is 90.0 Å². The summed E-state index contributed by atoms with van der Waals surface area (Å²) in [6, 6.07) is -6.22. The molecule has 29 heteroatoms. The van der Waals surface area contributed by atoms with Crippen LogP contribution in [0.4, 0.5) is 0 Å². The summed E-state index contributed by atoms with van der Waals surface area (Å²) in [5, 5.41) is 49.3. The van der Waals surface area contributed by atoms with Gasteiger partial charge in [-0.05, 0) is 109 Å². The third-order valence-corrected chi connectivity index (χ3v) is 12.7. The second-order valence-corrected chi connectivity index (χ2v) is 20.0. The van der Waals surface area contributed by atoms with Gasteiger partial charge in [0.15, 0.2) is 0 Å². The lowest BCUT2D eigenvalue weighted by atomic mass is 10.00. The summed E-state index contributed by atoms with van der Waals surface area (Å²) in [6.07, 6.45) is -3.92. The number of benzene rings is 1. The first-order chi connectivity index (χ1) is 37.9. The molecule has 1 aliphatic rings. The SMILES string of the molecule is CCCC(=O)N[C@@H](CCN)C(=O)N[C@H](C(=O)N[C@@H](CCN)C(=O)N[C@H]1CCNC(=O)[C@H]([C@@H](C)O)NC(=O)[C@H](CCN)NC(=O)[C@H](CCN)NC(=O)[C@H](CC(C)C)NC(=O)[C@@H](Cc2ccccc2)NC(=O)[C@H](CCN)NC1=O)[C@@H](C)O. The van der Waals surface area contributed by atoms with Crippen molar-refractivity contribution in [2.45, 2.75) is 171 Å². The normalized spacial score (nSPS) is 23.2. The highest BCUT2D eigenvalue weighted by molar-refractivity contribution is 5.99. The summed E-state index contributed by atoms with van der Waals surface area (Å²) < 4.78 is 0. The van der Waals surface area contributed by atoms with Gasteiger partial charge in [-0.25, -0.2) is 0 Å². The largest absolute Gasteiger partial charge is 0.391 e. The van der Waals surface area contributed by atoms with Gasteiger partial charge in [-0.2, -0.15) is 0 Å². The number of carbonyl (C=O) groups excluding carboxylic acids is 11. The Balaban J connectivity index is 2.73. The molecule has 80 heavy (non-hydrogen) atoms. The molecule has 0 aromatic heterocycles. The van der Waals surface area contributed by atoms with E-state index in [1.54, 1.807) is 51.1 Å². The Morgan fingerprint density at radius 2 is 1.05 bits per heavy atom. The highest BCUT2D eigenvalue weighted by atomic mass is 16.3. The van der Waals surface area contributed by atoms with Crippen molar-refractivity contribution >= 4 is 65.0 Å². The second kappa shape index (κ2) is 36.4. The Hall–Kier alpha value is -6.89. The number of hydrogen-bond acceptors (Lipinski definition) is 18. The van der Waals surface area contributed by atoms with E-state index in [1.165, 1.54) is 13.8 Å². The third kappa shape index (κ3) is 23.8. The van der Waals surface area contributed by atoms with Crippen molar-refractivity contribution < 1.29 is 63.0 Å². The van der Waals surface area contributed by atoms with Crippen LogP contribution in [-0.2, 0) is 59.2 Å². The quantitative estimate of drug-likeness (QED) is 0.0433. The van der Waals surface area contributed by atoms with Crippen LogP contribution in [-0.4, -0.2) is 187 Å². The standard InChI is InChI=1S/C51H88N16O13/c1-6-10-39(70)58-31(13-19-52)46(75)67-41(29(5)69)51(80)63-34(16-22-55)43(72)62-36-18-24-57-50(79)40(28(4)68)66-47(76)35(17-23-56)60-42(71)32(14-20-53)61-48(77)37(25-27(2)3)64-49(78)38(26-30-11-8-7-9-12-30)65-44(73)33(15-21-54)59-45(36)74/h7-9,11-12,27-29,31-38,40-41,68-69H,6,10,13-26,52-56H2,1-5H3,(H,57,79)(H,58,70)(H,59,74)(H,60,71)(H,61,77)(H,62,72)(H,63,80)(H,64,78)(H,65,73)(H,66,76)(H,67,75)/t28-,29-,31+,32+,33+,34+,35+,36+,37+,38-,40+,41+/m1/s1. The molecule has 12 atom stereocenters. The number of nitrogens with two attached hydrogens (primary N) is 5. The van der Waals surface area contributed by atoms with Gasteiger partial charge in [-0.3, -0.25) is 52.7 Å². The number of carbonyl (C=O) groups is 11. The van der Waals surface area contributed by atoms with Gasteiger partial charge in [0, 0.05) is 19.4 Å². The van der Waals surface area contributed by atoms with Gasteiger partial charge in [0.25, 0.3) is 0 Å². The van der Waals surface area contributed by atoms with E-state index in [9.17, 15) is 63.0 Å². The first-order valence-corrected chi connectivity index (χ1v) is 27.2. The van der Waals surface area contributed by atoms with Gasteiger partial charge in [-0.15, -0.1) is 0 Å². The number of aliphatic hydroxyl groups excluding tert-OH is 2. The van der Waals surface area contributed by atoms with Crippen LogP contribution in [0.1, 0.15) is 98.0 Å². The van der Waals surface area contributed by atoms with Crippen LogP contribution < -0.4 is 87.2 Å². The van der Waals surface area contributed by atoms with Crippen LogP contribution in [0.15, 0.2) is 30.3 Å². The smallest absolute Gasteiger partial charge is 0.245 e. The van der Waals surface area contributed by atoms with Crippen LogP contribution in [0.2, 0.25) is 0 Å².